The lowest BCUT2D eigenvalue weighted by Crippen LogP contribution is -2.34. The molecule has 2 N–H and O–H groups in total. The number of aromatic nitrogens is 2. The summed E-state index contributed by atoms with van der Waals surface area (Å²) in [5, 5.41) is 19.3. The number of nitrogens with zero attached hydrogens (tertiary/aromatic N) is 2. The number of amides is 1. The Balaban J connectivity index is 1.94. The van der Waals surface area contributed by atoms with Gasteiger partial charge in [0.15, 0.2) is 0 Å². The Labute approximate surface area is 141 Å². The molecule has 126 valence electrons. The fraction of sp³-hybridized carbons (Fsp3) is 0.529. The number of hydrogen-bond donors (Lipinski definition) is 2. The van der Waals surface area contributed by atoms with Gasteiger partial charge in [-0.05, 0) is 37.6 Å². The first-order valence-electron chi connectivity index (χ1n) is 7.93. The summed E-state index contributed by atoms with van der Waals surface area (Å²) in [6.07, 6.45) is 1.57. The van der Waals surface area contributed by atoms with Crippen LogP contribution in [-0.4, -0.2) is 26.8 Å². The normalized spacial score (nSPS) is 14.0. The summed E-state index contributed by atoms with van der Waals surface area (Å²) in [5.41, 5.74) is 1.48. The van der Waals surface area contributed by atoms with Crippen LogP contribution in [0.25, 0.3) is 0 Å². The number of carbonyl (C=O) groups excluding carboxylic acids is 1. The number of rotatable bonds is 7. The zero-order valence-electron chi connectivity index (χ0n) is 14.1. The van der Waals surface area contributed by atoms with Crippen LogP contribution in [0.5, 0.6) is 0 Å². The lowest BCUT2D eigenvalue weighted by atomic mass is 10.1. The molecule has 0 saturated heterocycles. The van der Waals surface area contributed by atoms with Gasteiger partial charge < -0.3 is 10.4 Å². The van der Waals surface area contributed by atoms with Crippen molar-refractivity contribution < 1.29 is 9.90 Å². The van der Waals surface area contributed by atoms with Crippen LogP contribution in [0.4, 0.5) is 0 Å². The second kappa shape index (κ2) is 7.75. The minimum absolute atomic E-state index is 0.118. The zero-order chi connectivity index (χ0) is 17.0. The summed E-state index contributed by atoms with van der Waals surface area (Å²) in [5.74, 6) is 0.341. The summed E-state index contributed by atoms with van der Waals surface area (Å²) in [7, 11) is 0. The first-order chi connectivity index (χ1) is 10.9. The van der Waals surface area contributed by atoms with Crippen molar-refractivity contribution in [2.24, 2.45) is 5.92 Å². The van der Waals surface area contributed by atoms with E-state index in [-0.39, 0.29) is 11.9 Å². The van der Waals surface area contributed by atoms with Gasteiger partial charge in [-0.2, -0.15) is 5.10 Å². The van der Waals surface area contributed by atoms with Crippen LogP contribution < -0.4 is 5.32 Å². The van der Waals surface area contributed by atoms with Crippen molar-refractivity contribution in [2.75, 3.05) is 0 Å². The van der Waals surface area contributed by atoms with Crippen molar-refractivity contribution in [2.45, 2.75) is 52.8 Å². The van der Waals surface area contributed by atoms with Crippen LogP contribution in [0.3, 0.4) is 0 Å². The molecule has 0 aliphatic rings. The molecule has 23 heavy (non-hydrogen) atoms. The van der Waals surface area contributed by atoms with Gasteiger partial charge in [0.25, 0.3) is 5.91 Å². The summed E-state index contributed by atoms with van der Waals surface area (Å²) >= 11 is 1.52. The van der Waals surface area contributed by atoms with Gasteiger partial charge in [0.1, 0.15) is 0 Å². The largest absolute Gasteiger partial charge is 0.387 e. The van der Waals surface area contributed by atoms with Crippen LogP contribution in [0.2, 0.25) is 0 Å². The van der Waals surface area contributed by atoms with Crippen molar-refractivity contribution in [1.29, 1.82) is 0 Å². The zero-order valence-corrected chi connectivity index (χ0v) is 14.9. The number of aliphatic hydroxyl groups is 1. The van der Waals surface area contributed by atoms with Crippen molar-refractivity contribution in [3.8, 4) is 0 Å². The Morgan fingerprint density at radius 2 is 2.17 bits per heavy atom. The fourth-order valence-electron chi connectivity index (χ4n) is 2.49. The third-order valence-electron chi connectivity index (χ3n) is 3.71. The van der Waals surface area contributed by atoms with Gasteiger partial charge in [-0.1, -0.05) is 19.9 Å². The van der Waals surface area contributed by atoms with E-state index < -0.39 is 6.10 Å². The molecule has 0 aromatic carbocycles. The van der Waals surface area contributed by atoms with Crippen LogP contribution in [-0.2, 0) is 6.54 Å². The average molecular weight is 335 g/mol. The van der Waals surface area contributed by atoms with E-state index in [2.05, 4.69) is 24.3 Å². The average Bonchev–Trinajstić information content (AvgIpc) is 3.09. The minimum atomic E-state index is -0.546. The maximum absolute atomic E-state index is 12.4. The van der Waals surface area contributed by atoms with Crippen molar-refractivity contribution in [3.05, 3.63) is 39.8 Å². The summed E-state index contributed by atoms with van der Waals surface area (Å²) in [6, 6.07) is 3.70. The van der Waals surface area contributed by atoms with Gasteiger partial charge in [-0.25, -0.2) is 0 Å². The second-order valence-corrected chi connectivity index (χ2v) is 7.34. The highest BCUT2D eigenvalue weighted by Crippen LogP contribution is 2.23. The Morgan fingerprint density at radius 3 is 2.78 bits per heavy atom. The molecular formula is C17H25N3O2S. The standard InChI is InChI=1S/C17H25N3O2S/c1-11(2)10-20-13(4)14(9-18-20)17(22)19-12(3)8-15(21)16-6-5-7-23-16/h5-7,9,11-12,15,21H,8,10H2,1-4H3,(H,19,22). The summed E-state index contributed by atoms with van der Waals surface area (Å²) in [6.45, 7) is 8.85. The molecule has 0 radical (unpaired) electrons. The molecule has 2 unspecified atom stereocenters. The van der Waals surface area contributed by atoms with Crippen LogP contribution >= 0.6 is 11.3 Å². The van der Waals surface area contributed by atoms with Crippen LogP contribution in [0.15, 0.2) is 23.7 Å². The predicted molar refractivity (Wildman–Crippen MR) is 92.6 cm³/mol. The smallest absolute Gasteiger partial charge is 0.254 e. The van der Waals surface area contributed by atoms with E-state index in [1.54, 1.807) is 6.20 Å². The van der Waals surface area contributed by atoms with Gasteiger partial charge in [0.05, 0.1) is 17.9 Å². The fourth-order valence-corrected chi connectivity index (χ4v) is 3.22. The lowest BCUT2D eigenvalue weighted by molar-refractivity contribution is 0.0917. The predicted octanol–water partition coefficient (Wildman–Crippen LogP) is 3.15. The molecule has 0 fully saturated rings. The molecule has 6 heteroatoms. The highest BCUT2D eigenvalue weighted by molar-refractivity contribution is 7.10. The van der Waals surface area contributed by atoms with Crippen molar-refractivity contribution >= 4 is 17.2 Å². The molecule has 5 nitrogen and oxygen atoms in total. The molecule has 2 aromatic rings. The highest BCUT2D eigenvalue weighted by atomic mass is 32.1. The minimum Gasteiger partial charge on any atom is -0.387 e. The van der Waals surface area contributed by atoms with Gasteiger partial charge in [-0.3, -0.25) is 9.48 Å². The van der Waals surface area contributed by atoms with E-state index in [1.807, 2.05) is 36.0 Å². The number of nitrogens with one attached hydrogen (secondary N) is 1. The monoisotopic (exact) mass is 335 g/mol. The molecule has 2 atom stereocenters. The second-order valence-electron chi connectivity index (χ2n) is 6.36. The molecule has 0 spiro atoms. The summed E-state index contributed by atoms with van der Waals surface area (Å²) < 4.78 is 1.87. The maximum Gasteiger partial charge on any atom is 0.254 e. The van der Waals surface area contributed by atoms with E-state index in [1.165, 1.54) is 11.3 Å². The third-order valence-corrected chi connectivity index (χ3v) is 4.69. The van der Waals surface area contributed by atoms with E-state index in [9.17, 15) is 9.90 Å². The Morgan fingerprint density at radius 1 is 1.43 bits per heavy atom. The number of hydrogen-bond acceptors (Lipinski definition) is 4. The molecule has 2 rings (SSSR count). The first kappa shape index (κ1) is 17.7. The summed E-state index contributed by atoms with van der Waals surface area (Å²) in [4.78, 5) is 13.3. The van der Waals surface area contributed by atoms with Crippen LogP contribution in [0.1, 0.15) is 54.2 Å². The molecular weight excluding hydrogens is 310 g/mol. The van der Waals surface area contributed by atoms with Gasteiger partial charge in [-0.15, -0.1) is 11.3 Å². The Kier molecular flexibility index (Phi) is 5.96. The van der Waals surface area contributed by atoms with Gasteiger partial charge >= 0.3 is 0 Å². The molecule has 2 aromatic heterocycles. The number of thiophene rings is 1. The van der Waals surface area contributed by atoms with Crippen molar-refractivity contribution in [1.82, 2.24) is 15.1 Å². The highest BCUT2D eigenvalue weighted by Gasteiger charge is 2.19. The maximum atomic E-state index is 12.4. The SMILES string of the molecule is Cc1c(C(=O)NC(C)CC(O)c2cccs2)cnn1CC(C)C. The van der Waals surface area contributed by atoms with Gasteiger partial charge in [0.2, 0.25) is 0 Å². The van der Waals surface area contributed by atoms with E-state index in [0.717, 1.165) is 17.1 Å². The first-order valence-corrected chi connectivity index (χ1v) is 8.81. The van der Waals surface area contributed by atoms with Crippen LogP contribution in [0, 0.1) is 12.8 Å². The third kappa shape index (κ3) is 4.65. The van der Waals surface area contributed by atoms with E-state index in [0.29, 0.717) is 17.9 Å². The molecule has 0 aliphatic carbocycles. The van der Waals surface area contributed by atoms with E-state index >= 15 is 0 Å². The molecule has 0 bridgehead atoms. The lowest BCUT2D eigenvalue weighted by Gasteiger charge is -2.17. The molecule has 1 amide bonds. The Hall–Kier alpha value is -1.66. The van der Waals surface area contributed by atoms with Crippen molar-refractivity contribution in [3.63, 3.8) is 0 Å². The quantitative estimate of drug-likeness (QED) is 0.817. The Bertz CT molecular complexity index is 634. The number of carbonyl (C=O) groups is 1. The van der Waals surface area contributed by atoms with E-state index in [4.69, 9.17) is 0 Å². The molecule has 0 aliphatic heterocycles. The molecule has 2 heterocycles. The molecule has 0 saturated carbocycles. The number of aliphatic hydroxyl groups excluding tert-OH is 1. The topological polar surface area (TPSA) is 67.2 Å². The van der Waals surface area contributed by atoms with Gasteiger partial charge in [0, 0.05) is 23.2 Å².